The van der Waals surface area contributed by atoms with Crippen molar-refractivity contribution in [1.82, 2.24) is 5.32 Å². The number of para-hydroxylation sites is 1. The topological polar surface area (TPSA) is 80.6 Å². The van der Waals surface area contributed by atoms with Crippen molar-refractivity contribution in [2.75, 3.05) is 11.9 Å². The van der Waals surface area contributed by atoms with E-state index in [0.29, 0.717) is 17.0 Å². The first kappa shape index (κ1) is 20.0. The Kier molecular flexibility index (Phi) is 5.74. The first-order chi connectivity index (χ1) is 14.5. The normalized spacial score (nSPS) is 13.2. The Morgan fingerprint density at radius 1 is 1.10 bits per heavy atom. The second-order valence-corrected chi connectivity index (χ2v) is 7.88. The molecule has 2 N–H and O–H groups in total. The van der Waals surface area contributed by atoms with Gasteiger partial charge in [-0.1, -0.05) is 12.1 Å². The Bertz CT molecular complexity index is 1080. The standard InChI is InChI=1S/C24H26N2O4/c1-15(2)25-24(28)18-8-3-5-9-20(18)26-23(27)14-29-16-11-12-22-19(13-16)17-7-4-6-10-21(17)30-22/h3,5,8-9,11-13,15H,4,6-7,10,14H2,1-2H3,(H,25,28)(H,26,27). The molecule has 0 aliphatic heterocycles. The molecule has 1 aromatic heterocycles. The third-order valence-electron chi connectivity index (χ3n) is 5.16. The van der Waals surface area contributed by atoms with Crippen LogP contribution in [-0.2, 0) is 17.6 Å². The summed E-state index contributed by atoms with van der Waals surface area (Å²) in [6.07, 6.45) is 4.32. The number of hydrogen-bond donors (Lipinski definition) is 2. The molecule has 0 atom stereocenters. The highest BCUT2D eigenvalue weighted by atomic mass is 16.5. The van der Waals surface area contributed by atoms with Crippen molar-refractivity contribution >= 4 is 28.5 Å². The zero-order chi connectivity index (χ0) is 21.1. The second kappa shape index (κ2) is 8.61. The van der Waals surface area contributed by atoms with E-state index in [4.69, 9.17) is 9.15 Å². The molecule has 4 rings (SSSR count). The van der Waals surface area contributed by atoms with Gasteiger partial charge in [-0.05, 0) is 63.4 Å². The lowest BCUT2D eigenvalue weighted by Crippen LogP contribution is -2.31. The highest BCUT2D eigenvalue weighted by Crippen LogP contribution is 2.33. The number of rotatable bonds is 6. The van der Waals surface area contributed by atoms with Crippen LogP contribution in [0.5, 0.6) is 5.75 Å². The molecule has 0 bridgehead atoms. The van der Waals surface area contributed by atoms with E-state index in [1.807, 2.05) is 32.0 Å². The minimum absolute atomic E-state index is 0.00757. The number of anilines is 1. The maximum atomic E-state index is 12.4. The minimum atomic E-state index is -0.325. The van der Waals surface area contributed by atoms with Crippen LogP contribution in [0.1, 0.15) is 48.4 Å². The highest BCUT2D eigenvalue weighted by Gasteiger charge is 2.18. The molecule has 156 valence electrons. The molecule has 0 saturated carbocycles. The van der Waals surface area contributed by atoms with Crippen molar-refractivity contribution in [3.63, 3.8) is 0 Å². The number of benzene rings is 2. The van der Waals surface area contributed by atoms with Crippen LogP contribution >= 0.6 is 0 Å². The van der Waals surface area contributed by atoms with E-state index in [2.05, 4.69) is 10.6 Å². The van der Waals surface area contributed by atoms with Gasteiger partial charge in [-0.2, -0.15) is 0 Å². The number of furan rings is 1. The summed E-state index contributed by atoms with van der Waals surface area (Å²) < 4.78 is 11.7. The van der Waals surface area contributed by atoms with Gasteiger partial charge in [-0.15, -0.1) is 0 Å². The molecule has 0 fully saturated rings. The minimum Gasteiger partial charge on any atom is -0.484 e. The van der Waals surface area contributed by atoms with Crippen LogP contribution in [0, 0.1) is 0 Å². The average molecular weight is 406 g/mol. The van der Waals surface area contributed by atoms with Crippen LogP contribution in [0.15, 0.2) is 46.9 Å². The molecule has 0 radical (unpaired) electrons. The van der Waals surface area contributed by atoms with E-state index in [9.17, 15) is 9.59 Å². The molecule has 3 aromatic rings. The van der Waals surface area contributed by atoms with Crippen molar-refractivity contribution in [2.24, 2.45) is 0 Å². The van der Waals surface area contributed by atoms with Crippen LogP contribution in [0.25, 0.3) is 11.0 Å². The van der Waals surface area contributed by atoms with Gasteiger partial charge in [0.15, 0.2) is 6.61 Å². The summed E-state index contributed by atoms with van der Waals surface area (Å²) in [5, 5.41) is 6.68. The zero-order valence-corrected chi connectivity index (χ0v) is 17.3. The van der Waals surface area contributed by atoms with Gasteiger partial charge in [0.2, 0.25) is 0 Å². The van der Waals surface area contributed by atoms with Gasteiger partial charge in [-0.3, -0.25) is 9.59 Å². The lowest BCUT2D eigenvalue weighted by molar-refractivity contribution is -0.118. The van der Waals surface area contributed by atoms with Crippen molar-refractivity contribution in [1.29, 1.82) is 0 Å². The molecule has 2 aromatic carbocycles. The van der Waals surface area contributed by atoms with Crippen LogP contribution in [-0.4, -0.2) is 24.5 Å². The van der Waals surface area contributed by atoms with Gasteiger partial charge in [-0.25, -0.2) is 0 Å². The summed E-state index contributed by atoms with van der Waals surface area (Å²) in [5.74, 6) is 1.14. The molecule has 0 saturated heterocycles. The van der Waals surface area contributed by atoms with Gasteiger partial charge in [0.25, 0.3) is 11.8 Å². The number of amides is 2. The maximum Gasteiger partial charge on any atom is 0.262 e. The van der Waals surface area contributed by atoms with Crippen LogP contribution in [0.2, 0.25) is 0 Å². The number of carbonyl (C=O) groups excluding carboxylic acids is 2. The number of nitrogens with one attached hydrogen (secondary N) is 2. The molecule has 0 spiro atoms. The van der Waals surface area contributed by atoms with Gasteiger partial charge in [0.1, 0.15) is 17.1 Å². The molecule has 6 nitrogen and oxygen atoms in total. The van der Waals surface area contributed by atoms with Crippen LogP contribution in [0.4, 0.5) is 5.69 Å². The van der Waals surface area contributed by atoms with Crippen molar-refractivity contribution in [3.05, 3.63) is 59.4 Å². The summed E-state index contributed by atoms with van der Waals surface area (Å²) in [4.78, 5) is 24.8. The lowest BCUT2D eigenvalue weighted by Gasteiger charge is -2.13. The summed E-state index contributed by atoms with van der Waals surface area (Å²) in [7, 11) is 0. The fourth-order valence-electron chi connectivity index (χ4n) is 3.80. The third kappa shape index (κ3) is 4.32. The molecular weight excluding hydrogens is 380 g/mol. The Labute approximate surface area is 175 Å². The molecule has 1 heterocycles. The number of ether oxygens (including phenoxy) is 1. The summed E-state index contributed by atoms with van der Waals surface area (Å²) >= 11 is 0. The monoisotopic (exact) mass is 406 g/mol. The number of hydrogen-bond acceptors (Lipinski definition) is 4. The predicted molar refractivity (Wildman–Crippen MR) is 116 cm³/mol. The fourth-order valence-corrected chi connectivity index (χ4v) is 3.80. The van der Waals surface area contributed by atoms with E-state index in [-0.39, 0.29) is 24.5 Å². The summed E-state index contributed by atoms with van der Waals surface area (Å²) in [6, 6.07) is 12.6. The number of aryl methyl sites for hydroxylation is 2. The van der Waals surface area contributed by atoms with E-state index in [0.717, 1.165) is 36.0 Å². The van der Waals surface area contributed by atoms with E-state index >= 15 is 0 Å². The van der Waals surface area contributed by atoms with E-state index < -0.39 is 0 Å². The third-order valence-corrected chi connectivity index (χ3v) is 5.16. The van der Waals surface area contributed by atoms with Crippen molar-refractivity contribution < 1.29 is 18.7 Å². The molecule has 30 heavy (non-hydrogen) atoms. The van der Waals surface area contributed by atoms with Crippen molar-refractivity contribution in [2.45, 2.75) is 45.6 Å². The summed E-state index contributed by atoms with van der Waals surface area (Å²) in [5.41, 5.74) is 3.01. The van der Waals surface area contributed by atoms with Gasteiger partial charge in [0, 0.05) is 23.4 Å². The first-order valence-corrected chi connectivity index (χ1v) is 10.4. The molecule has 6 heteroatoms. The second-order valence-electron chi connectivity index (χ2n) is 7.88. The average Bonchev–Trinajstić information content (AvgIpc) is 3.10. The Balaban J connectivity index is 1.43. The summed E-state index contributed by atoms with van der Waals surface area (Å²) in [6.45, 7) is 3.63. The molecular formula is C24H26N2O4. The Hall–Kier alpha value is -3.28. The SMILES string of the molecule is CC(C)NC(=O)c1ccccc1NC(=O)COc1ccc2oc3c(c2c1)CCCC3. The van der Waals surface area contributed by atoms with E-state index in [1.165, 1.54) is 12.0 Å². The van der Waals surface area contributed by atoms with Gasteiger partial charge < -0.3 is 19.8 Å². The van der Waals surface area contributed by atoms with Gasteiger partial charge >= 0.3 is 0 Å². The smallest absolute Gasteiger partial charge is 0.262 e. The fraction of sp³-hybridized carbons (Fsp3) is 0.333. The molecule has 2 amide bonds. The maximum absolute atomic E-state index is 12.4. The van der Waals surface area contributed by atoms with Crippen molar-refractivity contribution in [3.8, 4) is 5.75 Å². The predicted octanol–water partition coefficient (Wildman–Crippen LogP) is 4.47. The molecule has 1 aliphatic rings. The first-order valence-electron chi connectivity index (χ1n) is 10.4. The highest BCUT2D eigenvalue weighted by molar-refractivity contribution is 6.04. The van der Waals surface area contributed by atoms with Crippen LogP contribution in [0.3, 0.4) is 0 Å². The lowest BCUT2D eigenvalue weighted by atomic mass is 9.96. The van der Waals surface area contributed by atoms with Gasteiger partial charge in [0.05, 0.1) is 11.3 Å². The number of carbonyl (C=O) groups is 2. The largest absolute Gasteiger partial charge is 0.484 e. The van der Waals surface area contributed by atoms with Crippen LogP contribution < -0.4 is 15.4 Å². The molecule has 0 unspecified atom stereocenters. The number of fused-ring (bicyclic) bond motifs is 3. The quantitative estimate of drug-likeness (QED) is 0.633. The molecule has 1 aliphatic carbocycles. The van der Waals surface area contributed by atoms with E-state index in [1.54, 1.807) is 24.3 Å². The zero-order valence-electron chi connectivity index (χ0n) is 17.3. The Morgan fingerprint density at radius 2 is 1.90 bits per heavy atom. The Morgan fingerprint density at radius 3 is 2.73 bits per heavy atom.